The van der Waals surface area contributed by atoms with E-state index < -0.39 is 0 Å². The van der Waals surface area contributed by atoms with Crippen LogP contribution in [0.2, 0.25) is 0 Å². The SMILES string of the molecule is O=C(CCn1cnc2ccccc2c1=O)N1CCC2(CC1)Nc1ccccc1-n1cccc12. The lowest BCUT2D eigenvalue weighted by molar-refractivity contribution is -0.133. The van der Waals surface area contributed by atoms with Crippen LogP contribution in [0.15, 0.2) is 78.0 Å². The normalized spacial score (nSPS) is 16.3. The van der Waals surface area contributed by atoms with Crippen molar-refractivity contribution in [1.29, 1.82) is 0 Å². The number of aromatic nitrogens is 3. The molecular formula is C26H25N5O2. The highest BCUT2D eigenvalue weighted by Crippen LogP contribution is 2.43. The average Bonchev–Trinajstić information content (AvgIpc) is 3.36. The number of fused-ring (bicyclic) bond motifs is 5. The third kappa shape index (κ3) is 3.23. The molecule has 1 amide bonds. The fourth-order valence-corrected chi connectivity index (χ4v) is 5.25. The number of nitrogens with one attached hydrogen (secondary N) is 1. The first kappa shape index (κ1) is 19.8. The number of likely N-dealkylation sites (tertiary alicyclic amines) is 1. The van der Waals surface area contributed by atoms with Gasteiger partial charge in [-0.3, -0.25) is 14.2 Å². The van der Waals surface area contributed by atoms with Crippen molar-refractivity contribution >= 4 is 22.5 Å². The van der Waals surface area contributed by atoms with Crippen LogP contribution in [0.3, 0.4) is 0 Å². The molecule has 7 heteroatoms. The maximum atomic E-state index is 13.0. The summed E-state index contributed by atoms with van der Waals surface area (Å²) in [7, 11) is 0. The van der Waals surface area contributed by atoms with Gasteiger partial charge < -0.3 is 14.8 Å². The van der Waals surface area contributed by atoms with Gasteiger partial charge in [-0.2, -0.15) is 0 Å². The molecule has 2 aromatic heterocycles. The van der Waals surface area contributed by atoms with E-state index in [1.54, 1.807) is 12.4 Å². The van der Waals surface area contributed by atoms with Crippen molar-refractivity contribution in [1.82, 2.24) is 19.0 Å². The Labute approximate surface area is 191 Å². The van der Waals surface area contributed by atoms with Gasteiger partial charge in [-0.15, -0.1) is 0 Å². The largest absolute Gasteiger partial charge is 0.372 e. The maximum Gasteiger partial charge on any atom is 0.261 e. The molecule has 2 aliphatic rings. The number of hydrogen-bond donors (Lipinski definition) is 1. The van der Waals surface area contributed by atoms with Gasteiger partial charge in [0.1, 0.15) is 0 Å². The van der Waals surface area contributed by atoms with Gasteiger partial charge in [0.15, 0.2) is 0 Å². The zero-order chi connectivity index (χ0) is 22.4. The molecule has 4 aromatic rings. The molecule has 4 heterocycles. The van der Waals surface area contributed by atoms with Crippen molar-refractivity contribution in [2.75, 3.05) is 18.4 Å². The van der Waals surface area contributed by atoms with Gasteiger partial charge in [-0.1, -0.05) is 24.3 Å². The van der Waals surface area contributed by atoms with Crippen molar-refractivity contribution in [3.63, 3.8) is 0 Å². The van der Waals surface area contributed by atoms with E-state index in [9.17, 15) is 9.59 Å². The summed E-state index contributed by atoms with van der Waals surface area (Å²) in [6.45, 7) is 1.71. The Bertz CT molecular complexity index is 1410. The number of carbonyl (C=O) groups excluding carboxylic acids is 1. The van der Waals surface area contributed by atoms with Gasteiger partial charge >= 0.3 is 0 Å². The predicted octanol–water partition coefficient (Wildman–Crippen LogP) is 3.52. The second-order valence-electron chi connectivity index (χ2n) is 8.88. The highest BCUT2D eigenvalue weighted by atomic mass is 16.2. The van der Waals surface area contributed by atoms with Gasteiger partial charge in [-0.25, -0.2) is 4.98 Å². The monoisotopic (exact) mass is 439 g/mol. The van der Waals surface area contributed by atoms with E-state index in [2.05, 4.69) is 57.5 Å². The van der Waals surface area contributed by atoms with Crippen LogP contribution < -0.4 is 10.9 Å². The smallest absolute Gasteiger partial charge is 0.261 e. The minimum atomic E-state index is -0.173. The number of rotatable bonds is 3. The molecule has 0 saturated carbocycles. The van der Waals surface area contributed by atoms with Gasteiger partial charge in [0.05, 0.1) is 34.1 Å². The first-order valence-corrected chi connectivity index (χ1v) is 11.4. The number of anilines is 1. The molecule has 0 radical (unpaired) electrons. The lowest BCUT2D eigenvalue weighted by Crippen LogP contribution is -2.51. The molecule has 1 spiro atoms. The Morgan fingerprint density at radius 3 is 2.67 bits per heavy atom. The molecular weight excluding hydrogens is 414 g/mol. The molecule has 2 aliphatic heterocycles. The minimum absolute atomic E-state index is 0.0801. The molecule has 0 atom stereocenters. The Hall–Kier alpha value is -3.87. The number of aryl methyl sites for hydroxylation is 1. The number of piperidine rings is 1. The summed E-state index contributed by atoms with van der Waals surface area (Å²) < 4.78 is 3.81. The van der Waals surface area contributed by atoms with Gasteiger partial charge in [0.2, 0.25) is 5.91 Å². The van der Waals surface area contributed by atoms with Crippen LogP contribution in [0, 0.1) is 0 Å². The summed E-state index contributed by atoms with van der Waals surface area (Å²) in [5, 5.41) is 4.37. The average molecular weight is 440 g/mol. The molecule has 2 aromatic carbocycles. The predicted molar refractivity (Wildman–Crippen MR) is 128 cm³/mol. The lowest BCUT2D eigenvalue weighted by atomic mass is 9.82. The van der Waals surface area contributed by atoms with E-state index in [-0.39, 0.29) is 17.0 Å². The number of nitrogens with zero attached hydrogens (tertiary/aromatic N) is 4. The molecule has 1 fully saturated rings. The molecule has 166 valence electrons. The second kappa shape index (κ2) is 7.62. The molecule has 6 rings (SSSR count). The summed E-state index contributed by atoms with van der Waals surface area (Å²) in [6.07, 6.45) is 5.63. The summed E-state index contributed by atoms with van der Waals surface area (Å²) in [5.41, 5.74) is 3.95. The van der Waals surface area contributed by atoms with Crippen LogP contribution in [0.25, 0.3) is 16.6 Å². The van der Waals surface area contributed by atoms with E-state index in [1.165, 1.54) is 10.3 Å². The van der Waals surface area contributed by atoms with Gasteiger partial charge in [0.25, 0.3) is 5.56 Å². The fraction of sp³-hybridized carbons (Fsp3) is 0.269. The molecule has 1 N–H and O–H groups in total. The van der Waals surface area contributed by atoms with Crippen LogP contribution in [0.5, 0.6) is 0 Å². The highest BCUT2D eigenvalue weighted by molar-refractivity contribution is 5.78. The van der Waals surface area contributed by atoms with E-state index in [4.69, 9.17) is 0 Å². The number of para-hydroxylation sites is 3. The molecule has 0 unspecified atom stereocenters. The Balaban J connectivity index is 1.15. The molecule has 1 saturated heterocycles. The Kier molecular flexibility index (Phi) is 4.57. The summed E-state index contributed by atoms with van der Waals surface area (Å²) >= 11 is 0. The number of carbonyl (C=O) groups is 1. The summed E-state index contributed by atoms with van der Waals surface area (Å²) in [4.78, 5) is 32.0. The molecule has 0 bridgehead atoms. The zero-order valence-electron chi connectivity index (χ0n) is 18.3. The van der Waals surface area contributed by atoms with E-state index >= 15 is 0 Å². The quantitative estimate of drug-likeness (QED) is 0.530. The van der Waals surface area contributed by atoms with Crippen LogP contribution in [-0.4, -0.2) is 38.0 Å². The lowest BCUT2D eigenvalue weighted by Gasteiger charge is -2.46. The van der Waals surface area contributed by atoms with Gasteiger partial charge in [-0.05, 0) is 49.2 Å². The highest BCUT2D eigenvalue weighted by Gasteiger charge is 2.42. The maximum absolute atomic E-state index is 13.0. The van der Waals surface area contributed by atoms with Gasteiger partial charge in [0, 0.05) is 37.9 Å². The number of benzene rings is 2. The van der Waals surface area contributed by atoms with E-state index in [0.29, 0.717) is 37.0 Å². The minimum Gasteiger partial charge on any atom is -0.372 e. The summed E-state index contributed by atoms with van der Waals surface area (Å²) in [6, 6.07) is 19.9. The van der Waals surface area contributed by atoms with Crippen molar-refractivity contribution < 1.29 is 4.79 Å². The van der Waals surface area contributed by atoms with Crippen LogP contribution in [0.1, 0.15) is 25.0 Å². The topological polar surface area (TPSA) is 72.2 Å². The first-order chi connectivity index (χ1) is 16.1. The number of amides is 1. The second-order valence-corrected chi connectivity index (χ2v) is 8.88. The van der Waals surface area contributed by atoms with E-state index in [1.807, 2.05) is 23.1 Å². The third-order valence-corrected chi connectivity index (χ3v) is 7.04. The van der Waals surface area contributed by atoms with Crippen molar-refractivity contribution in [3.8, 4) is 5.69 Å². The molecule has 33 heavy (non-hydrogen) atoms. The van der Waals surface area contributed by atoms with Crippen molar-refractivity contribution in [2.24, 2.45) is 0 Å². The standard InChI is InChI=1S/C26H25N5O2/c32-24(11-15-30-18-27-20-7-2-1-6-19(20)25(30)33)29-16-12-26(13-17-29)23-10-5-14-31(23)22-9-4-3-8-21(22)28-26/h1-10,14,18,28H,11-13,15-17H2. The Morgan fingerprint density at radius 1 is 1.00 bits per heavy atom. The molecule has 7 nitrogen and oxygen atoms in total. The van der Waals surface area contributed by atoms with E-state index in [0.717, 1.165) is 24.2 Å². The molecule has 0 aliphatic carbocycles. The van der Waals surface area contributed by atoms with Crippen LogP contribution >= 0.6 is 0 Å². The van der Waals surface area contributed by atoms with Crippen molar-refractivity contribution in [2.45, 2.75) is 31.3 Å². The van der Waals surface area contributed by atoms with Crippen LogP contribution in [0.4, 0.5) is 5.69 Å². The first-order valence-electron chi connectivity index (χ1n) is 11.4. The number of hydrogen-bond acceptors (Lipinski definition) is 4. The third-order valence-electron chi connectivity index (χ3n) is 7.04. The van der Waals surface area contributed by atoms with Crippen LogP contribution in [-0.2, 0) is 16.9 Å². The fourth-order valence-electron chi connectivity index (χ4n) is 5.25. The Morgan fingerprint density at radius 2 is 1.79 bits per heavy atom. The summed E-state index contributed by atoms with van der Waals surface area (Å²) in [5.74, 6) is 0.0801. The zero-order valence-corrected chi connectivity index (χ0v) is 18.3. The van der Waals surface area contributed by atoms with Crippen molar-refractivity contribution in [3.05, 3.63) is 89.2 Å².